The number of imide groups is 1. The molecule has 1 aliphatic rings. The van der Waals surface area contributed by atoms with E-state index in [1.165, 1.54) is 4.90 Å². The van der Waals surface area contributed by atoms with Crippen molar-refractivity contribution in [3.05, 3.63) is 0 Å². The normalized spacial score (nSPS) is 19.1. The first-order valence-electron chi connectivity index (χ1n) is 5.62. The van der Waals surface area contributed by atoms with Crippen LogP contribution < -0.4 is 5.32 Å². The van der Waals surface area contributed by atoms with Crippen LogP contribution >= 0.6 is 0 Å². The van der Waals surface area contributed by atoms with Crippen molar-refractivity contribution < 1.29 is 9.59 Å². The maximum Gasteiger partial charge on any atom is 0.229 e. The van der Waals surface area contributed by atoms with Gasteiger partial charge in [0.05, 0.1) is 0 Å². The predicted octanol–water partition coefficient (Wildman–Crippen LogP) is 0.769. The summed E-state index contributed by atoms with van der Waals surface area (Å²) >= 11 is 0. The van der Waals surface area contributed by atoms with Gasteiger partial charge in [-0.15, -0.1) is 0 Å². The van der Waals surface area contributed by atoms with Crippen LogP contribution in [-0.2, 0) is 9.59 Å². The van der Waals surface area contributed by atoms with Crippen LogP contribution in [0.5, 0.6) is 0 Å². The maximum atomic E-state index is 11.4. The SMILES string of the molecule is CCNC(CN1C(=O)CCC1=O)C(C)C. The molecule has 86 valence electrons. The molecule has 0 bridgehead atoms. The van der Waals surface area contributed by atoms with Gasteiger partial charge in [0, 0.05) is 25.4 Å². The molecule has 4 heteroatoms. The van der Waals surface area contributed by atoms with E-state index < -0.39 is 0 Å². The molecular weight excluding hydrogens is 192 g/mol. The standard InChI is InChI=1S/C11H20N2O2/c1-4-12-9(8(2)3)7-13-10(14)5-6-11(13)15/h8-9,12H,4-7H2,1-3H3. The topological polar surface area (TPSA) is 49.4 Å². The third-order valence-corrected chi connectivity index (χ3v) is 2.81. The Morgan fingerprint density at radius 2 is 1.80 bits per heavy atom. The summed E-state index contributed by atoms with van der Waals surface area (Å²) in [4.78, 5) is 24.2. The van der Waals surface area contributed by atoms with Crippen molar-refractivity contribution in [2.45, 2.75) is 39.7 Å². The van der Waals surface area contributed by atoms with Crippen LogP contribution in [0.25, 0.3) is 0 Å². The molecule has 2 amide bonds. The second-order valence-electron chi connectivity index (χ2n) is 4.31. The van der Waals surface area contributed by atoms with Gasteiger partial charge in [0.25, 0.3) is 0 Å². The van der Waals surface area contributed by atoms with E-state index in [4.69, 9.17) is 0 Å². The first-order valence-corrected chi connectivity index (χ1v) is 5.62. The second kappa shape index (κ2) is 5.26. The van der Waals surface area contributed by atoms with Crippen molar-refractivity contribution in [3.63, 3.8) is 0 Å². The fourth-order valence-electron chi connectivity index (χ4n) is 1.80. The molecule has 1 saturated heterocycles. The number of rotatable bonds is 5. The molecule has 1 rings (SSSR count). The van der Waals surface area contributed by atoms with Crippen molar-refractivity contribution in [2.24, 2.45) is 5.92 Å². The van der Waals surface area contributed by atoms with Crippen LogP contribution in [0, 0.1) is 5.92 Å². The lowest BCUT2D eigenvalue weighted by Crippen LogP contribution is -2.46. The number of hydrogen-bond acceptors (Lipinski definition) is 3. The lowest BCUT2D eigenvalue weighted by molar-refractivity contribution is -0.138. The summed E-state index contributed by atoms with van der Waals surface area (Å²) in [5.74, 6) is 0.373. The summed E-state index contributed by atoms with van der Waals surface area (Å²) in [5, 5.41) is 3.30. The predicted molar refractivity (Wildman–Crippen MR) is 58.3 cm³/mol. The number of likely N-dealkylation sites (N-methyl/N-ethyl adjacent to an activating group) is 1. The van der Waals surface area contributed by atoms with Crippen LogP contribution in [0.3, 0.4) is 0 Å². The highest BCUT2D eigenvalue weighted by molar-refractivity contribution is 6.01. The molecular formula is C11H20N2O2. The molecule has 1 N–H and O–H groups in total. The molecule has 0 aromatic rings. The summed E-state index contributed by atoms with van der Waals surface area (Å²) in [6, 6.07) is 0.209. The monoisotopic (exact) mass is 212 g/mol. The van der Waals surface area contributed by atoms with Crippen molar-refractivity contribution in [1.29, 1.82) is 0 Å². The molecule has 0 aliphatic carbocycles. The van der Waals surface area contributed by atoms with Crippen LogP contribution in [0.1, 0.15) is 33.6 Å². The van der Waals surface area contributed by atoms with Gasteiger partial charge in [-0.3, -0.25) is 14.5 Å². The van der Waals surface area contributed by atoms with Crippen LogP contribution in [0.2, 0.25) is 0 Å². The van der Waals surface area contributed by atoms with E-state index in [2.05, 4.69) is 19.2 Å². The minimum Gasteiger partial charge on any atom is -0.312 e. The summed E-state index contributed by atoms with van der Waals surface area (Å²) in [5.41, 5.74) is 0. The van der Waals surface area contributed by atoms with E-state index >= 15 is 0 Å². The molecule has 1 fully saturated rings. The molecule has 1 unspecified atom stereocenters. The Hall–Kier alpha value is -0.900. The summed E-state index contributed by atoms with van der Waals surface area (Å²) < 4.78 is 0. The summed E-state index contributed by atoms with van der Waals surface area (Å²) in [6.45, 7) is 7.60. The Morgan fingerprint density at radius 1 is 1.27 bits per heavy atom. The number of nitrogens with zero attached hydrogens (tertiary/aromatic N) is 1. The minimum absolute atomic E-state index is 0.0245. The van der Waals surface area contributed by atoms with Gasteiger partial charge in [0.1, 0.15) is 0 Å². The Bertz CT molecular complexity index is 235. The number of likely N-dealkylation sites (tertiary alicyclic amines) is 1. The first kappa shape index (κ1) is 12.2. The number of carbonyl (C=O) groups excluding carboxylic acids is 2. The summed E-state index contributed by atoms with van der Waals surface area (Å²) in [6.07, 6.45) is 0.769. The average Bonchev–Trinajstić information content (AvgIpc) is 2.48. The highest BCUT2D eigenvalue weighted by atomic mass is 16.2. The molecule has 4 nitrogen and oxygen atoms in total. The zero-order valence-electron chi connectivity index (χ0n) is 9.75. The maximum absolute atomic E-state index is 11.4. The number of nitrogens with one attached hydrogen (secondary N) is 1. The molecule has 0 aromatic carbocycles. The van der Waals surface area contributed by atoms with E-state index in [-0.39, 0.29) is 17.9 Å². The van der Waals surface area contributed by atoms with E-state index in [0.717, 1.165) is 6.54 Å². The van der Waals surface area contributed by atoms with Gasteiger partial charge in [0.2, 0.25) is 11.8 Å². The van der Waals surface area contributed by atoms with Gasteiger partial charge >= 0.3 is 0 Å². The second-order valence-corrected chi connectivity index (χ2v) is 4.31. The molecule has 1 heterocycles. The van der Waals surface area contributed by atoms with Crippen molar-refractivity contribution in [1.82, 2.24) is 10.2 Å². The van der Waals surface area contributed by atoms with Crippen molar-refractivity contribution in [2.75, 3.05) is 13.1 Å². The summed E-state index contributed by atoms with van der Waals surface area (Å²) in [7, 11) is 0. The molecule has 0 spiro atoms. The van der Waals surface area contributed by atoms with E-state index in [9.17, 15) is 9.59 Å². The third-order valence-electron chi connectivity index (χ3n) is 2.81. The Kier molecular flexibility index (Phi) is 4.27. The third kappa shape index (κ3) is 3.02. The smallest absolute Gasteiger partial charge is 0.229 e. The lowest BCUT2D eigenvalue weighted by atomic mass is 10.0. The van der Waals surface area contributed by atoms with Gasteiger partial charge in [0.15, 0.2) is 0 Å². The Morgan fingerprint density at radius 3 is 2.20 bits per heavy atom. The van der Waals surface area contributed by atoms with Crippen LogP contribution in [0.15, 0.2) is 0 Å². The highest BCUT2D eigenvalue weighted by Crippen LogP contribution is 2.14. The fourth-order valence-corrected chi connectivity index (χ4v) is 1.80. The van der Waals surface area contributed by atoms with Crippen LogP contribution in [0.4, 0.5) is 0 Å². The van der Waals surface area contributed by atoms with Gasteiger partial charge in [-0.25, -0.2) is 0 Å². The molecule has 0 radical (unpaired) electrons. The van der Waals surface area contributed by atoms with Gasteiger partial charge in [-0.2, -0.15) is 0 Å². The van der Waals surface area contributed by atoms with E-state index in [0.29, 0.717) is 25.3 Å². The van der Waals surface area contributed by atoms with Crippen molar-refractivity contribution >= 4 is 11.8 Å². The highest BCUT2D eigenvalue weighted by Gasteiger charge is 2.31. The molecule has 15 heavy (non-hydrogen) atoms. The Labute approximate surface area is 91.0 Å². The largest absolute Gasteiger partial charge is 0.312 e. The van der Waals surface area contributed by atoms with E-state index in [1.54, 1.807) is 0 Å². The molecule has 0 aromatic heterocycles. The molecule has 1 atom stereocenters. The average molecular weight is 212 g/mol. The van der Waals surface area contributed by atoms with Crippen molar-refractivity contribution in [3.8, 4) is 0 Å². The lowest BCUT2D eigenvalue weighted by Gasteiger charge is -2.26. The first-order chi connectivity index (χ1) is 7.06. The fraction of sp³-hybridized carbons (Fsp3) is 0.818. The molecule has 1 aliphatic heterocycles. The van der Waals surface area contributed by atoms with Gasteiger partial charge in [-0.1, -0.05) is 20.8 Å². The zero-order valence-corrected chi connectivity index (χ0v) is 9.75. The van der Waals surface area contributed by atoms with Gasteiger partial charge in [-0.05, 0) is 12.5 Å². The Balaban J connectivity index is 2.56. The number of carbonyl (C=O) groups is 2. The van der Waals surface area contributed by atoms with Crippen LogP contribution in [-0.4, -0.2) is 35.8 Å². The number of hydrogen-bond donors (Lipinski definition) is 1. The minimum atomic E-state index is -0.0245. The zero-order chi connectivity index (χ0) is 11.4. The molecule has 0 saturated carbocycles. The number of amides is 2. The van der Waals surface area contributed by atoms with Gasteiger partial charge < -0.3 is 5.32 Å². The van der Waals surface area contributed by atoms with E-state index in [1.807, 2.05) is 6.92 Å². The quantitative estimate of drug-likeness (QED) is 0.685.